The SMILES string of the molecule is C=COC(C)=O.O=C(O)c1c(C(=O)O)c(C(=O)O)c(C(=O)O)c(C(=O)O)c1C(=O)O.O=C(O)c1c(C(=O)O)c(C(=O)O)c(C(=O)O)c(C(=O)O)c1C(=O)O.O=C(O)c1c(C(=O)O)c(C(=O)O)c(C(=O)O)c(C(=O)O)c1C(=O)O. The highest BCUT2D eigenvalue weighted by molar-refractivity contribution is 6.26. The summed E-state index contributed by atoms with van der Waals surface area (Å²) in [5.74, 6) is -41.0. The lowest BCUT2D eigenvalue weighted by molar-refractivity contribution is -0.135. The number of esters is 1. The summed E-state index contributed by atoms with van der Waals surface area (Å²) < 4.78 is 4.17. The summed E-state index contributed by atoms with van der Waals surface area (Å²) in [6, 6.07) is 0. The Labute approximate surface area is 420 Å². The predicted octanol–water partition coefficient (Wildman–Crippen LogP) is 0.320. The van der Waals surface area contributed by atoms with Crippen LogP contribution in [0.2, 0.25) is 0 Å². The van der Waals surface area contributed by atoms with Gasteiger partial charge in [0.2, 0.25) is 0 Å². The topological polar surface area (TPSA) is 698 Å². The number of carbonyl (C=O) groups is 19. The molecule has 0 amide bonds. The van der Waals surface area contributed by atoms with E-state index in [0.29, 0.717) is 0 Å². The van der Waals surface area contributed by atoms with E-state index in [4.69, 9.17) is 91.9 Å². The zero-order valence-electron chi connectivity index (χ0n) is 37.0. The normalized spacial score (nSPS) is 9.76. The molecule has 0 saturated heterocycles. The van der Waals surface area contributed by atoms with Gasteiger partial charge in [0, 0.05) is 6.92 Å². The highest BCUT2D eigenvalue weighted by Gasteiger charge is 2.43. The van der Waals surface area contributed by atoms with E-state index >= 15 is 0 Å². The second-order valence-electron chi connectivity index (χ2n) is 13.0. The lowest BCUT2D eigenvalue weighted by Crippen LogP contribution is -2.27. The fraction of sp³-hybridized carbons (Fsp3) is 0.0250. The summed E-state index contributed by atoms with van der Waals surface area (Å²) in [6.07, 6.45) is 1.10. The minimum absolute atomic E-state index is 0.329. The fourth-order valence-corrected chi connectivity index (χ4v) is 6.22. The van der Waals surface area contributed by atoms with E-state index in [1.165, 1.54) is 6.92 Å². The molecule has 0 saturated carbocycles. The van der Waals surface area contributed by atoms with Gasteiger partial charge in [-0.05, 0) is 0 Å². The van der Waals surface area contributed by atoms with E-state index in [1.54, 1.807) is 0 Å². The molecule has 3 aromatic rings. The number of hydrogen-bond donors (Lipinski definition) is 18. The van der Waals surface area contributed by atoms with Crippen molar-refractivity contribution in [1.29, 1.82) is 0 Å². The van der Waals surface area contributed by atoms with Gasteiger partial charge >= 0.3 is 113 Å². The Morgan fingerprint density at radius 1 is 0.218 bits per heavy atom. The zero-order chi connectivity index (χ0) is 61.8. The second-order valence-corrected chi connectivity index (χ2v) is 13.0. The molecule has 38 heteroatoms. The molecule has 412 valence electrons. The number of carbonyl (C=O) groups excluding carboxylic acids is 1. The molecule has 0 spiro atoms. The van der Waals surface area contributed by atoms with Gasteiger partial charge in [0.15, 0.2) is 0 Å². The average Bonchev–Trinajstić information content (AvgIpc) is 3.27. The van der Waals surface area contributed by atoms with Crippen molar-refractivity contribution in [1.82, 2.24) is 0 Å². The van der Waals surface area contributed by atoms with E-state index in [2.05, 4.69) is 11.3 Å². The molecule has 0 radical (unpaired) electrons. The number of carboxylic acid groups (broad SMARTS) is 18. The van der Waals surface area contributed by atoms with Crippen molar-refractivity contribution in [2.75, 3.05) is 0 Å². The molecule has 0 bridgehead atoms. The molecule has 0 unspecified atom stereocenters. The first-order valence-corrected chi connectivity index (χ1v) is 18.3. The fourth-order valence-electron chi connectivity index (χ4n) is 6.22. The van der Waals surface area contributed by atoms with Gasteiger partial charge < -0.3 is 96.7 Å². The van der Waals surface area contributed by atoms with Gasteiger partial charge in [-0.3, -0.25) is 4.79 Å². The molecule has 3 rings (SSSR count). The summed E-state index contributed by atoms with van der Waals surface area (Å²) in [5, 5.41) is 162. The van der Waals surface area contributed by atoms with Crippen LogP contribution in [0.3, 0.4) is 0 Å². The van der Waals surface area contributed by atoms with Crippen molar-refractivity contribution >= 4 is 113 Å². The molecule has 0 heterocycles. The molecule has 0 fully saturated rings. The number of aromatic carboxylic acids is 18. The van der Waals surface area contributed by atoms with E-state index in [9.17, 15) is 91.1 Å². The standard InChI is InChI=1S/3C12H6O12.C4H6O2/c3*13-7(14)1-2(8(15)16)4(10(19)20)6(12(23)24)5(11(21)22)3(1)9(17)18;1-3-6-4(2)5/h3*(H,13,14)(H,15,16)(H,17,18)(H,19,20)(H,21,22)(H,23,24);3H,1H2,2H3. The molecule has 0 aliphatic heterocycles. The second kappa shape index (κ2) is 25.6. The van der Waals surface area contributed by atoms with Gasteiger partial charge in [-0.15, -0.1) is 0 Å². The first-order chi connectivity index (χ1) is 35.6. The van der Waals surface area contributed by atoms with Gasteiger partial charge in [0.25, 0.3) is 0 Å². The number of carboxylic acids is 18. The first kappa shape index (κ1) is 65.3. The Bertz CT molecular complexity index is 2410. The number of ether oxygens (including phenoxy) is 1. The molecule has 38 nitrogen and oxygen atoms in total. The molecule has 3 aromatic carbocycles. The van der Waals surface area contributed by atoms with Crippen molar-refractivity contribution in [3.05, 3.63) is 113 Å². The van der Waals surface area contributed by atoms with Crippen molar-refractivity contribution in [3.8, 4) is 0 Å². The summed E-state index contributed by atoms with van der Waals surface area (Å²) in [7, 11) is 0. The van der Waals surface area contributed by atoms with Gasteiger partial charge in [0.1, 0.15) is 0 Å². The maximum absolute atomic E-state index is 11.2. The number of benzene rings is 3. The highest BCUT2D eigenvalue weighted by atomic mass is 16.5. The van der Waals surface area contributed by atoms with E-state index in [-0.39, 0.29) is 5.97 Å². The molecule has 0 atom stereocenters. The zero-order valence-corrected chi connectivity index (χ0v) is 37.0. The summed E-state index contributed by atoms with van der Waals surface area (Å²) in [4.78, 5) is 212. The molecule has 18 N–H and O–H groups in total. The molecular formula is C40H24O38. The summed E-state index contributed by atoms with van der Waals surface area (Å²) in [6.45, 7) is 4.48. The van der Waals surface area contributed by atoms with Crippen molar-refractivity contribution in [3.63, 3.8) is 0 Å². The van der Waals surface area contributed by atoms with Gasteiger partial charge in [0.05, 0.1) is 106 Å². The molecule has 0 aliphatic carbocycles. The third-order valence-corrected chi connectivity index (χ3v) is 8.60. The van der Waals surface area contributed by atoms with Crippen LogP contribution < -0.4 is 0 Å². The number of rotatable bonds is 19. The molecular weight excluding hydrogens is 1090 g/mol. The molecule has 0 aliphatic rings. The van der Waals surface area contributed by atoms with Crippen LogP contribution >= 0.6 is 0 Å². The van der Waals surface area contributed by atoms with Gasteiger partial charge in [-0.2, -0.15) is 0 Å². The summed E-state index contributed by atoms with van der Waals surface area (Å²) in [5.41, 5.74) is -29.8. The quantitative estimate of drug-likeness (QED) is 0.0568. The molecule has 78 heavy (non-hydrogen) atoms. The van der Waals surface area contributed by atoms with E-state index in [0.717, 1.165) is 6.26 Å². The maximum atomic E-state index is 11.2. The lowest BCUT2D eigenvalue weighted by Gasteiger charge is -2.15. The maximum Gasteiger partial charge on any atom is 0.337 e. The Hall–Kier alpha value is -12.7. The molecule has 0 aromatic heterocycles. The Morgan fingerprint density at radius 3 is 0.295 bits per heavy atom. The van der Waals surface area contributed by atoms with Gasteiger partial charge in [-0.25, -0.2) is 86.3 Å². The predicted molar refractivity (Wildman–Crippen MR) is 227 cm³/mol. The highest BCUT2D eigenvalue weighted by Crippen LogP contribution is 2.33. The Morgan fingerprint density at radius 2 is 0.282 bits per heavy atom. The van der Waals surface area contributed by atoms with Crippen LogP contribution in [0.4, 0.5) is 0 Å². The smallest absolute Gasteiger partial charge is 0.337 e. The third-order valence-electron chi connectivity index (χ3n) is 8.60. The van der Waals surface area contributed by atoms with Crippen molar-refractivity contribution < 1.29 is 188 Å². The van der Waals surface area contributed by atoms with Crippen LogP contribution in [0.5, 0.6) is 0 Å². The van der Waals surface area contributed by atoms with Crippen LogP contribution in [0.1, 0.15) is 193 Å². The largest absolute Gasteiger partial charge is 0.478 e. The van der Waals surface area contributed by atoms with Crippen LogP contribution in [0.25, 0.3) is 0 Å². The van der Waals surface area contributed by atoms with Crippen LogP contribution in [-0.4, -0.2) is 205 Å². The van der Waals surface area contributed by atoms with Crippen molar-refractivity contribution in [2.45, 2.75) is 6.92 Å². The van der Waals surface area contributed by atoms with Gasteiger partial charge in [-0.1, -0.05) is 6.58 Å². The Kier molecular flexibility index (Phi) is 21.5. The van der Waals surface area contributed by atoms with Crippen LogP contribution in [0.15, 0.2) is 12.8 Å². The first-order valence-electron chi connectivity index (χ1n) is 18.3. The monoisotopic (exact) mass is 1110 g/mol. The summed E-state index contributed by atoms with van der Waals surface area (Å²) >= 11 is 0. The van der Waals surface area contributed by atoms with Crippen LogP contribution in [0, 0.1) is 0 Å². The average molecular weight is 1110 g/mol. The minimum Gasteiger partial charge on any atom is -0.478 e. The van der Waals surface area contributed by atoms with E-state index in [1.807, 2.05) is 0 Å². The van der Waals surface area contributed by atoms with Crippen molar-refractivity contribution in [2.24, 2.45) is 0 Å². The Balaban J connectivity index is 0.00000108. The van der Waals surface area contributed by atoms with E-state index < -0.39 is 208 Å². The minimum atomic E-state index is -2.26. The third kappa shape index (κ3) is 13.6. The number of hydrogen-bond acceptors (Lipinski definition) is 20. The van der Waals surface area contributed by atoms with Crippen LogP contribution in [-0.2, 0) is 9.53 Å². The lowest BCUT2D eigenvalue weighted by atomic mass is 9.86.